The van der Waals surface area contributed by atoms with Gasteiger partial charge in [0.05, 0.1) is 12.8 Å². The Morgan fingerprint density at radius 3 is 2.67 bits per heavy atom. The van der Waals surface area contributed by atoms with Crippen LogP contribution in [-0.2, 0) is 17.6 Å². The minimum absolute atomic E-state index is 0.306. The molecule has 4 heteroatoms. The summed E-state index contributed by atoms with van der Waals surface area (Å²) in [5.74, 6) is 0.354. The van der Waals surface area contributed by atoms with Gasteiger partial charge in [-0.3, -0.25) is 0 Å². The second-order valence-corrected chi connectivity index (χ2v) is 7.15. The zero-order valence-corrected chi connectivity index (χ0v) is 12.3. The van der Waals surface area contributed by atoms with Crippen molar-refractivity contribution in [3.8, 4) is 0 Å². The number of ether oxygens (including phenoxy) is 1. The molecule has 0 bridgehead atoms. The molecule has 0 radical (unpaired) electrons. The molecule has 0 fully saturated rings. The maximum Gasteiger partial charge on any atom is 0.350 e. The third kappa shape index (κ3) is 2.26. The van der Waals surface area contributed by atoms with Gasteiger partial charge in [-0.2, -0.15) is 0 Å². The largest absolute Gasteiger partial charge is 0.465 e. The second-order valence-electron chi connectivity index (χ2n) is 6.04. The molecule has 2 N–H and O–H groups in total. The number of methoxy groups -OCH3 is 1. The van der Waals surface area contributed by atoms with Crippen molar-refractivity contribution in [3.05, 3.63) is 15.3 Å². The van der Waals surface area contributed by atoms with Crippen LogP contribution in [0.1, 0.15) is 47.3 Å². The number of fused-ring (bicyclic) bond motifs is 1. The first-order valence-corrected chi connectivity index (χ1v) is 7.14. The van der Waals surface area contributed by atoms with E-state index in [1.165, 1.54) is 28.9 Å². The van der Waals surface area contributed by atoms with E-state index in [2.05, 4.69) is 20.8 Å². The van der Waals surface area contributed by atoms with Crippen LogP contribution >= 0.6 is 11.3 Å². The smallest absolute Gasteiger partial charge is 0.350 e. The highest BCUT2D eigenvalue weighted by atomic mass is 32.1. The summed E-state index contributed by atoms with van der Waals surface area (Å²) < 4.78 is 4.78. The number of nitrogen functional groups attached to an aromatic ring is 1. The fourth-order valence-electron chi connectivity index (χ4n) is 2.59. The Hall–Kier alpha value is -1.03. The van der Waals surface area contributed by atoms with Crippen molar-refractivity contribution in [1.82, 2.24) is 0 Å². The van der Waals surface area contributed by atoms with Gasteiger partial charge in [0.2, 0.25) is 0 Å². The van der Waals surface area contributed by atoms with E-state index in [9.17, 15) is 4.79 Å². The van der Waals surface area contributed by atoms with Crippen LogP contribution in [0.4, 0.5) is 5.69 Å². The Bertz CT molecular complexity index is 471. The fourth-order valence-corrected chi connectivity index (χ4v) is 3.86. The Morgan fingerprint density at radius 1 is 1.44 bits per heavy atom. The first-order valence-electron chi connectivity index (χ1n) is 6.33. The molecule has 0 amide bonds. The molecule has 1 heterocycles. The number of esters is 1. The Labute approximate surface area is 112 Å². The number of carbonyl (C=O) groups excluding carboxylic acids is 1. The molecule has 18 heavy (non-hydrogen) atoms. The number of hydrogen-bond donors (Lipinski definition) is 1. The normalized spacial score (nSPS) is 19.4. The lowest BCUT2D eigenvalue weighted by Gasteiger charge is -2.33. The van der Waals surface area contributed by atoms with Crippen molar-refractivity contribution >= 4 is 23.0 Å². The van der Waals surface area contributed by atoms with E-state index >= 15 is 0 Å². The van der Waals surface area contributed by atoms with E-state index in [0.717, 1.165) is 19.3 Å². The van der Waals surface area contributed by atoms with Crippen LogP contribution in [-0.4, -0.2) is 13.1 Å². The number of thiophene rings is 1. The SMILES string of the molecule is COC(=O)c1sc2c(c1N)CC[C@H](C(C)(C)C)C2. The zero-order valence-electron chi connectivity index (χ0n) is 11.5. The summed E-state index contributed by atoms with van der Waals surface area (Å²) in [7, 11) is 1.40. The van der Waals surface area contributed by atoms with Gasteiger partial charge >= 0.3 is 5.97 Å². The first kappa shape index (κ1) is 13.4. The van der Waals surface area contributed by atoms with Crippen molar-refractivity contribution in [2.24, 2.45) is 11.3 Å². The summed E-state index contributed by atoms with van der Waals surface area (Å²) in [6, 6.07) is 0. The van der Waals surface area contributed by atoms with E-state index in [4.69, 9.17) is 10.5 Å². The maximum absolute atomic E-state index is 11.6. The van der Waals surface area contributed by atoms with Gasteiger partial charge in [-0.05, 0) is 36.2 Å². The second kappa shape index (κ2) is 4.57. The number of hydrogen-bond acceptors (Lipinski definition) is 4. The molecule has 1 aliphatic carbocycles. The molecule has 0 aromatic carbocycles. The quantitative estimate of drug-likeness (QED) is 0.794. The van der Waals surface area contributed by atoms with E-state index < -0.39 is 0 Å². The molecule has 1 aromatic rings. The summed E-state index contributed by atoms with van der Waals surface area (Å²) in [5, 5.41) is 0. The molecule has 3 nitrogen and oxygen atoms in total. The Kier molecular flexibility index (Phi) is 3.41. The van der Waals surface area contributed by atoms with E-state index in [1.54, 1.807) is 0 Å². The first-order chi connectivity index (χ1) is 8.34. The number of rotatable bonds is 1. The molecule has 0 aliphatic heterocycles. The van der Waals surface area contributed by atoms with Gasteiger partial charge in [-0.15, -0.1) is 11.3 Å². The van der Waals surface area contributed by atoms with E-state index in [-0.39, 0.29) is 5.97 Å². The summed E-state index contributed by atoms with van der Waals surface area (Å²) >= 11 is 1.51. The average Bonchev–Trinajstić information content (AvgIpc) is 2.64. The van der Waals surface area contributed by atoms with Crippen LogP contribution in [0, 0.1) is 11.3 Å². The predicted molar refractivity (Wildman–Crippen MR) is 75.0 cm³/mol. The summed E-state index contributed by atoms with van der Waals surface area (Å²) in [6.07, 6.45) is 3.17. The topological polar surface area (TPSA) is 52.3 Å². The van der Waals surface area contributed by atoms with Gasteiger partial charge in [-0.1, -0.05) is 20.8 Å². The molecule has 1 atom stereocenters. The molecule has 1 aliphatic rings. The summed E-state index contributed by atoms with van der Waals surface area (Å²) in [6.45, 7) is 6.84. The van der Waals surface area contributed by atoms with E-state index in [1.807, 2.05) is 0 Å². The standard InChI is InChI=1S/C14H21NO2S/c1-14(2,3)8-5-6-9-10(7-8)18-12(11(9)15)13(16)17-4/h8H,5-7,15H2,1-4H3/t8-/m0/s1. The van der Waals surface area contributed by atoms with Gasteiger partial charge < -0.3 is 10.5 Å². The minimum Gasteiger partial charge on any atom is -0.465 e. The molecular weight excluding hydrogens is 246 g/mol. The summed E-state index contributed by atoms with van der Waals surface area (Å²) in [4.78, 5) is 13.5. The fraction of sp³-hybridized carbons (Fsp3) is 0.643. The van der Waals surface area contributed by atoms with E-state index in [0.29, 0.717) is 21.9 Å². The Morgan fingerprint density at radius 2 is 2.11 bits per heavy atom. The molecule has 0 saturated carbocycles. The maximum atomic E-state index is 11.6. The lowest BCUT2D eigenvalue weighted by molar-refractivity contribution is 0.0607. The predicted octanol–water partition coefficient (Wildman–Crippen LogP) is 3.27. The third-order valence-electron chi connectivity index (χ3n) is 3.90. The van der Waals surface area contributed by atoms with Crippen LogP contribution < -0.4 is 5.73 Å². The van der Waals surface area contributed by atoms with Crippen molar-refractivity contribution in [3.63, 3.8) is 0 Å². The number of anilines is 1. The highest BCUT2D eigenvalue weighted by Crippen LogP contribution is 2.43. The van der Waals surface area contributed by atoms with Gasteiger partial charge in [0.15, 0.2) is 0 Å². The number of nitrogens with two attached hydrogens (primary N) is 1. The highest BCUT2D eigenvalue weighted by Gasteiger charge is 2.32. The van der Waals surface area contributed by atoms with Gasteiger partial charge in [0.25, 0.3) is 0 Å². The van der Waals surface area contributed by atoms with Crippen molar-refractivity contribution in [2.75, 3.05) is 12.8 Å². The molecule has 0 spiro atoms. The highest BCUT2D eigenvalue weighted by molar-refractivity contribution is 7.14. The van der Waals surface area contributed by atoms with Crippen LogP contribution in [0.3, 0.4) is 0 Å². The molecule has 100 valence electrons. The van der Waals surface area contributed by atoms with Gasteiger partial charge in [0.1, 0.15) is 4.88 Å². The van der Waals surface area contributed by atoms with Crippen molar-refractivity contribution in [2.45, 2.75) is 40.0 Å². The lowest BCUT2D eigenvalue weighted by Crippen LogP contribution is -2.26. The monoisotopic (exact) mass is 267 g/mol. The van der Waals surface area contributed by atoms with Crippen molar-refractivity contribution in [1.29, 1.82) is 0 Å². The Balaban J connectivity index is 2.32. The molecule has 2 rings (SSSR count). The molecular formula is C14H21NO2S. The minimum atomic E-state index is -0.306. The summed E-state index contributed by atoms with van der Waals surface area (Å²) in [5.41, 5.74) is 8.20. The van der Waals surface area contributed by atoms with Gasteiger partial charge in [0, 0.05) is 4.88 Å². The molecule has 0 saturated heterocycles. The number of carbonyl (C=O) groups is 1. The van der Waals surface area contributed by atoms with Crippen molar-refractivity contribution < 1.29 is 9.53 Å². The third-order valence-corrected chi connectivity index (χ3v) is 5.15. The van der Waals surface area contributed by atoms with Crippen LogP contribution in [0.5, 0.6) is 0 Å². The van der Waals surface area contributed by atoms with Gasteiger partial charge in [-0.25, -0.2) is 4.79 Å². The molecule has 0 unspecified atom stereocenters. The lowest BCUT2D eigenvalue weighted by atomic mass is 9.72. The van der Waals surface area contributed by atoms with Crippen LogP contribution in [0.2, 0.25) is 0 Å². The average molecular weight is 267 g/mol. The zero-order chi connectivity index (χ0) is 13.5. The molecule has 1 aromatic heterocycles. The van der Waals surface area contributed by atoms with Crippen LogP contribution in [0.25, 0.3) is 0 Å². The van der Waals surface area contributed by atoms with Crippen LogP contribution in [0.15, 0.2) is 0 Å².